The van der Waals surface area contributed by atoms with Gasteiger partial charge in [-0.25, -0.2) is 0 Å². The minimum atomic E-state index is -0.333. The van der Waals surface area contributed by atoms with E-state index in [0.717, 1.165) is 25.1 Å². The van der Waals surface area contributed by atoms with Crippen LogP contribution in [-0.2, 0) is 14.3 Å². The lowest BCUT2D eigenvalue weighted by Gasteiger charge is -2.34. The SMILES string of the molecule is COC(=O)CCC(=O)N1CCC[C@H](Nc2ccc(C)c(C)c2)C1. The topological polar surface area (TPSA) is 58.6 Å². The molecule has 1 atom stereocenters. The standard InChI is InChI=1S/C18H26N2O3/c1-13-6-7-15(11-14(13)2)19-16-5-4-10-20(12-16)17(21)8-9-18(22)23-3/h6-7,11,16,19H,4-5,8-10,12H2,1-3H3/t16-/m0/s1. The third-order valence-electron chi connectivity index (χ3n) is 4.42. The average molecular weight is 318 g/mol. The highest BCUT2D eigenvalue weighted by Crippen LogP contribution is 2.19. The fourth-order valence-corrected chi connectivity index (χ4v) is 2.86. The first-order valence-corrected chi connectivity index (χ1v) is 8.18. The number of amides is 1. The molecule has 1 N–H and O–H groups in total. The number of benzene rings is 1. The summed E-state index contributed by atoms with van der Waals surface area (Å²) in [6.07, 6.45) is 2.41. The Labute approximate surface area is 138 Å². The molecule has 1 fully saturated rings. The van der Waals surface area contributed by atoms with Crippen LogP contribution in [0.25, 0.3) is 0 Å². The van der Waals surface area contributed by atoms with Gasteiger partial charge in [0.1, 0.15) is 0 Å². The number of hydrogen-bond acceptors (Lipinski definition) is 4. The second-order valence-corrected chi connectivity index (χ2v) is 6.20. The predicted octanol–water partition coefficient (Wildman–Crippen LogP) is 2.66. The molecule has 1 saturated heterocycles. The molecule has 0 unspecified atom stereocenters. The third kappa shape index (κ3) is 4.98. The first-order chi connectivity index (χ1) is 11.0. The number of esters is 1. The number of methoxy groups -OCH3 is 1. The van der Waals surface area contributed by atoms with E-state index in [9.17, 15) is 9.59 Å². The Morgan fingerprint density at radius 2 is 2.04 bits per heavy atom. The molecule has 126 valence electrons. The molecule has 1 heterocycles. The maximum atomic E-state index is 12.2. The molecule has 0 saturated carbocycles. The van der Waals surface area contributed by atoms with Crippen molar-refractivity contribution in [1.29, 1.82) is 0 Å². The van der Waals surface area contributed by atoms with Crippen molar-refractivity contribution in [2.24, 2.45) is 0 Å². The second-order valence-electron chi connectivity index (χ2n) is 6.20. The molecule has 1 aromatic carbocycles. The fourth-order valence-electron chi connectivity index (χ4n) is 2.86. The van der Waals surface area contributed by atoms with Gasteiger partial charge in [0.2, 0.25) is 5.91 Å². The van der Waals surface area contributed by atoms with E-state index in [1.54, 1.807) is 0 Å². The number of nitrogens with one attached hydrogen (secondary N) is 1. The predicted molar refractivity (Wildman–Crippen MR) is 90.4 cm³/mol. The molecule has 5 heteroatoms. The summed E-state index contributed by atoms with van der Waals surface area (Å²) in [5, 5.41) is 3.52. The number of piperidine rings is 1. The first-order valence-electron chi connectivity index (χ1n) is 8.18. The monoisotopic (exact) mass is 318 g/mol. The summed E-state index contributed by atoms with van der Waals surface area (Å²) in [6.45, 7) is 5.66. The van der Waals surface area contributed by atoms with Crippen LogP contribution in [0.3, 0.4) is 0 Å². The van der Waals surface area contributed by atoms with Gasteiger partial charge in [0, 0.05) is 31.2 Å². The molecule has 1 aromatic rings. The lowest BCUT2D eigenvalue weighted by molar-refractivity contribution is -0.143. The van der Waals surface area contributed by atoms with Crippen molar-refractivity contribution in [1.82, 2.24) is 4.90 Å². The van der Waals surface area contributed by atoms with Crippen molar-refractivity contribution in [2.45, 2.75) is 45.6 Å². The van der Waals surface area contributed by atoms with Crippen molar-refractivity contribution >= 4 is 17.6 Å². The highest BCUT2D eigenvalue weighted by molar-refractivity contribution is 5.81. The summed E-state index contributed by atoms with van der Waals surface area (Å²) in [4.78, 5) is 25.2. The average Bonchev–Trinajstić information content (AvgIpc) is 2.56. The molecule has 1 aliphatic heterocycles. The van der Waals surface area contributed by atoms with Gasteiger partial charge in [-0.15, -0.1) is 0 Å². The van der Waals surface area contributed by atoms with Gasteiger partial charge >= 0.3 is 5.97 Å². The quantitative estimate of drug-likeness (QED) is 0.848. The molecular formula is C18H26N2O3. The maximum absolute atomic E-state index is 12.2. The van der Waals surface area contributed by atoms with Crippen molar-refractivity contribution in [3.63, 3.8) is 0 Å². The number of nitrogens with zero attached hydrogens (tertiary/aromatic N) is 1. The molecule has 0 aliphatic carbocycles. The molecule has 2 rings (SSSR count). The van der Waals surface area contributed by atoms with Gasteiger partial charge in [-0.2, -0.15) is 0 Å². The van der Waals surface area contributed by atoms with E-state index in [-0.39, 0.29) is 30.8 Å². The van der Waals surface area contributed by atoms with E-state index in [1.807, 2.05) is 4.90 Å². The molecule has 0 radical (unpaired) electrons. The van der Waals surface area contributed by atoms with Gasteiger partial charge < -0.3 is 15.0 Å². The second kappa shape index (κ2) is 7.99. The van der Waals surface area contributed by atoms with E-state index >= 15 is 0 Å². The maximum Gasteiger partial charge on any atom is 0.306 e. The van der Waals surface area contributed by atoms with Gasteiger partial charge in [0.25, 0.3) is 0 Å². The molecule has 0 aromatic heterocycles. The van der Waals surface area contributed by atoms with Crippen LogP contribution in [0, 0.1) is 13.8 Å². The molecular weight excluding hydrogens is 292 g/mol. The lowest BCUT2D eigenvalue weighted by atomic mass is 10.0. The van der Waals surface area contributed by atoms with Crippen molar-refractivity contribution < 1.29 is 14.3 Å². The van der Waals surface area contributed by atoms with Crippen LogP contribution in [0.5, 0.6) is 0 Å². The first kappa shape index (κ1) is 17.3. The van der Waals surface area contributed by atoms with Crippen molar-refractivity contribution in [3.8, 4) is 0 Å². The van der Waals surface area contributed by atoms with Gasteiger partial charge in [-0.1, -0.05) is 6.07 Å². The molecule has 1 amide bonds. The Morgan fingerprint density at radius 3 is 2.74 bits per heavy atom. The van der Waals surface area contributed by atoms with Crippen molar-refractivity contribution in [3.05, 3.63) is 29.3 Å². The number of carbonyl (C=O) groups is 2. The van der Waals surface area contributed by atoms with E-state index in [2.05, 4.69) is 42.1 Å². The highest BCUT2D eigenvalue weighted by atomic mass is 16.5. The van der Waals surface area contributed by atoms with Crippen LogP contribution < -0.4 is 5.32 Å². The normalized spacial score (nSPS) is 17.7. The number of ether oxygens (including phenoxy) is 1. The zero-order valence-corrected chi connectivity index (χ0v) is 14.2. The minimum absolute atomic E-state index is 0.0296. The van der Waals surface area contributed by atoms with Gasteiger partial charge in [-0.3, -0.25) is 9.59 Å². The summed E-state index contributed by atoms with van der Waals surface area (Å²) in [6, 6.07) is 6.60. The summed E-state index contributed by atoms with van der Waals surface area (Å²) in [5.74, 6) is -0.304. The van der Waals surface area contributed by atoms with Crippen molar-refractivity contribution in [2.75, 3.05) is 25.5 Å². The largest absolute Gasteiger partial charge is 0.469 e. The Morgan fingerprint density at radius 1 is 1.26 bits per heavy atom. The van der Waals surface area contributed by atoms with Crippen LogP contribution in [0.1, 0.15) is 36.8 Å². The molecule has 0 bridgehead atoms. The smallest absolute Gasteiger partial charge is 0.306 e. The number of carbonyl (C=O) groups excluding carboxylic acids is 2. The highest BCUT2D eigenvalue weighted by Gasteiger charge is 2.23. The number of hydrogen-bond donors (Lipinski definition) is 1. The Kier molecular flexibility index (Phi) is 6.02. The zero-order chi connectivity index (χ0) is 16.8. The van der Waals surface area contributed by atoms with Gasteiger partial charge in [0.15, 0.2) is 0 Å². The summed E-state index contributed by atoms with van der Waals surface area (Å²) in [5.41, 5.74) is 3.64. The Bertz CT molecular complexity index is 571. The van der Waals surface area contributed by atoms with Gasteiger partial charge in [-0.05, 0) is 49.9 Å². The van der Waals surface area contributed by atoms with E-state index in [4.69, 9.17) is 0 Å². The molecule has 1 aliphatic rings. The van der Waals surface area contributed by atoms with E-state index in [0.29, 0.717) is 6.54 Å². The number of aryl methyl sites for hydroxylation is 2. The van der Waals surface area contributed by atoms with Crippen LogP contribution in [0.15, 0.2) is 18.2 Å². The van der Waals surface area contributed by atoms with Gasteiger partial charge in [0.05, 0.1) is 13.5 Å². The molecule has 23 heavy (non-hydrogen) atoms. The summed E-state index contributed by atoms with van der Waals surface area (Å²) in [7, 11) is 1.34. The number of rotatable bonds is 5. The fraction of sp³-hybridized carbons (Fsp3) is 0.556. The Balaban J connectivity index is 1.88. The number of likely N-dealkylation sites (tertiary alicyclic amines) is 1. The minimum Gasteiger partial charge on any atom is -0.469 e. The zero-order valence-electron chi connectivity index (χ0n) is 14.2. The van der Waals surface area contributed by atoms with Crippen LogP contribution in [0.4, 0.5) is 5.69 Å². The Hall–Kier alpha value is -2.04. The van der Waals surface area contributed by atoms with E-state index in [1.165, 1.54) is 18.2 Å². The summed E-state index contributed by atoms with van der Waals surface area (Å²) < 4.78 is 4.59. The van der Waals surface area contributed by atoms with E-state index < -0.39 is 0 Å². The van der Waals surface area contributed by atoms with Crippen LogP contribution in [-0.4, -0.2) is 43.0 Å². The molecule has 5 nitrogen and oxygen atoms in total. The van der Waals surface area contributed by atoms with Crippen LogP contribution in [0.2, 0.25) is 0 Å². The third-order valence-corrected chi connectivity index (χ3v) is 4.42. The molecule has 0 spiro atoms. The lowest BCUT2D eigenvalue weighted by Crippen LogP contribution is -2.45. The number of anilines is 1. The van der Waals surface area contributed by atoms with Crippen LogP contribution >= 0.6 is 0 Å². The summed E-state index contributed by atoms with van der Waals surface area (Å²) >= 11 is 0.